The van der Waals surface area contributed by atoms with Crippen molar-refractivity contribution in [3.63, 3.8) is 0 Å². The van der Waals surface area contributed by atoms with Crippen molar-refractivity contribution in [2.24, 2.45) is 0 Å². The average Bonchev–Trinajstić information content (AvgIpc) is 2.85. The van der Waals surface area contributed by atoms with Crippen LogP contribution in [0.3, 0.4) is 0 Å². The summed E-state index contributed by atoms with van der Waals surface area (Å²) in [7, 11) is 1.54. The van der Waals surface area contributed by atoms with Crippen LogP contribution in [-0.4, -0.2) is 19.7 Å². The molecule has 0 spiro atoms. The summed E-state index contributed by atoms with van der Waals surface area (Å²) in [4.78, 5) is 12.4. The summed E-state index contributed by atoms with van der Waals surface area (Å²) < 4.78 is 16.5. The van der Waals surface area contributed by atoms with Crippen LogP contribution in [0, 0.1) is 13.8 Å². The number of hydrogen-bond acceptors (Lipinski definition) is 4. The Bertz CT molecular complexity index is 1350. The van der Waals surface area contributed by atoms with E-state index in [1.807, 2.05) is 50.3 Å². The van der Waals surface area contributed by atoms with Crippen LogP contribution in [0.15, 0.2) is 72.8 Å². The zero-order valence-electron chi connectivity index (χ0n) is 19.3. The van der Waals surface area contributed by atoms with Crippen molar-refractivity contribution in [3.8, 4) is 17.2 Å². The minimum Gasteiger partial charge on any atom is -0.493 e. The zero-order chi connectivity index (χ0) is 24.1. The van der Waals surface area contributed by atoms with Gasteiger partial charge in [0.2, 0.25) is 0 Å². The molecule has 172 valence electrons. The zero-order valence-corrected chi connectivity index (χ0v) is 20.1. The van der Waals surface area contributed by atoms with E-state index >= 15 is 0 Å². The minimum atomic E-state index is -0.525. The molecule has 4 nitrogen and oxygen atoms in total. The molecule has 34 heavy (non-hydrogen) atoms. The summed E-state index contributed by atoms with van der Waals surface area (Å²) in [6.07, 6.45) is 4.07. The van der Waals surface area contributed by atoms with E-state index in [2.05, 4.69) is 30.3 Å². The van der Waals surface area contributed by atoms with Crippen LogP contribution in [0.25, 0.3) is 22.9 Å². The van der Waals surface area contributed by atoms with E-state index in [1.165, 1.54) is 10.8 Å². The number of benzene rings is 4. The molecular formula is C29H25ClO4. The number of fused-ring (bicyclic) bond motifs is 1. The monoisotopic (exact) mass is 472 g/mol. The fourth-order valence-electron chi connectivity index (χ4n) is 3.74. The van der Waals surface area contributed by atoms with Crippen LogP contribution in [-0.2, 0) is 4.79 Å². The van der Waals surface area contributed by atoms with E-state index in [9.17, 15) is 4.79 Å². The van der Waals surface area contributed by atoms with E-state index in [0.29, 0.717) is 22.3 Å². The van der Waals surface area contributed by atoms with Gasteiger partial charge in [0.25, 0.3) is 0 Å². The molecule has 0 saturated carbocycles. The van der Waals surface area contributed by atoms with Crippen LogP contribution >= 0.6 is 11.6 Å². The summed E-state index contributed by atoms with van der Waals surface area (Å²) in [5.74, 6) is 0.841. The smallest absolute Gasteiger partial charge is 0.349 e. The fourth-order valence-corrected chi connectivity index (χ4v) is 3.85. The lowest BCUT2D eigenvalue weighted by Crippen LogP contribution is -2.18. The second-order valence-corrected chi connectivity index (χ2v) is 8.32. The summed E-state index contributed by atoms with van der Waals surface area (Å²) in [6, 6.07) is 23.5. The van der Waals surface area contributed by atoms with Gasteiger partial charge in [-0.05, 0) is 71.1 Å². The molecule has 0 amide bonds. The molecule has 0 fully saturated rings. The molecule has 4 aromatic carbocycles. The molecular weight excluding hydrogens is 448 g/mol. The Labute approximate surface area is 204 Å². The summed E-state index contributed by atoms with van der Waals surface area (Å²) in [6.45, 7) is 3.55. The van der Waals surface area contributed by atoms with Crippen molar-refractivity contribution in [3.05, 3.63) is 100 Å². The van der Waals surface area contributed by atoms with Crippen molar-refractivity contribution in [2.45, 2.75) is 13.8 Å². The normalized spacial score (nSPS) is 11.1. The SMILES string of the molecule is COc1cc(C=Cc2cccc3ccccc23)ccc1OC(=O)COc1cc(C)c(Cl)c(C)c1. The molecule has 0 bridgehead atoms. The fraction of sp³-hybridized carbons (Fsp3) is 0.138. The number of halogens is 1. The van der Waals surface area contributed by atoms with Gasteiger partial charge in [0, 0.05) is 5.02 Å². The van der Waals surface area contributed by atoms with Crippen molar-refractivity contribution in [1.82, 2.24) is 0 Å². The lowest BCUT2D eigenvalue weighted by molar-refractivity contribution is -0.136. The third-order valence-electron chi connectivity index (χ3n) is 5.46. The summed E-state index contributed by atoms with van der Waals surface area (Å²) in [5.41, 5.74) is 3.82. The average molecular weight is 473 g/mol. The highest BCUT2D eigenvalue weighted by molar-refractivity contribution is 6.32. The first-order valence-electron chi connectivity index (χ1n) is 10.9. The number of methoxy groups -OCH3 is 1. The van der Waals surface area contributed by atoms with Gasteiger partial charge in [0.1, 0.15) is 5.75 Å². The summed E-state index contributed by atoms with van der Waals surface area (Å²) >= 11 is 6.18. The van der Waals surface area contributed by atoms with Gasteiger partial charge in [-0.25, -0.2) is 4.79 Å². The molecule has 0 aromatic heterocycles. The minimum absolute atomic E-state index is 0.230. The van der Waals surface area contributed by atoms with Gasteiger partial charge in [0.15, 0.2) is 18.1 Å². The number of rotatable bonds is 7. The highest BCUT2D eigenvalue weighted by Crippen LogP contribution is 2.30. The molecule has 5 heteroatoms. The highest BCUT2D eigenvalue weighted by atomic mass is 35.5. The van der Waals surface area contributed by atoms with E-state index in [-0.39, 0.29) is 6.61 Å². The Balaban J connectivity index is 1.44. The summed E-state index contributed by atoms with van der Waals surface area (Å²) in [5, 5.41) is 3.06. The maximum atomic E-state index is 12.4. The molecule has 4 aromatic rings. The molecule has 0 N–H and O–H groups in total. The number of aryl methyl sites for hydroxylation is 2. The number of carbonyl (C=O) groups is 1. The third-order valence-corrected chi connectivity index (χ3v) is 6.05. The van der Waals surface area contributed by atoms with E-state index in [0.717, 1.165) is 22.3 Å². The topological polar surface area (TPSA) is 44.8 Å². The van der Waals surface area contributed by atoms with Crippen molar-refractivity contribution >= 4 is 40.5 Å². The van der Waals surface area contributed by atoms with Crippen LogP contribution in [0.2, 0.25) is 5.02 Å². The Morgan fingerprint density at radius 2 is 1.62 bits per heavy atom. The Morgan fingerprint density at radius 3 is 2.38 bits per heavy atom. The van der Waals surface area contributed by atoms with Gasteiger partial charge in [-0.2, -0.15) is 0 Å². The van der Waals surface area contributed by atoms with E-state index in [4.69, 9.17) is 25.8 Å². The van der Waals surface area contributed by atoms with Crippen LogP contribution in [0.4, 0.5) is 0 Å². The Morgan fingerprint density at radius 1 is 0.882 bits per heavy atom. The van der Waals surface area contributed by atoms with Gasteiger partial charge in [-0.3, -0.25) is 0 Å². The molecule has 4 rings (SSSR count). The van der Waals surface area contributed by atoms with Crippen molar-refractivity contribution in [1.29, 1.82) is 0 Å². The predicted octanol–water partition coefficient (Wildman–Crippen LogP) is 7.27. The largest absolute Gasteiger partial charge is 0.493 e. The quantitative estimate of drug-likeness (QED) is 0.161. The highest BCUT2D eigenvalue weighted by Gasteiger charge is 2.12. The molecule has 0 aliphatic carbocycles. The first-order chi connectivity index (χ1) is 16.4. The maximum absolute atomic E-state index is 12.4. The first-order valence-corrected chi connectivity index (χ1v) is 11.3. The Hall–Kier alpha value is -3.76. The molecule has 0 unspecified atom stereocenters. The lowest BCUT2D eigenvalue weighted by Gasteiger charge is -2.12. The second-order valence-electron chi connectivity index (χ2n) is 7.95. The van der Waals surface area contributed by atoms with Gasteiger partial charge < -0.3 is 14.2 Å². The Kier molecular flexibility index (Phi) is 7.19. The number of carbonyl (C=O) groups excluding carboxylic acids is 1. The van der Waals surface area contributed by atoms with E-state index < -0.39 is 5.97 Å². The van der Waals surface area contributed by atoms with Crippen LogP contribution < -0.4 is 14.2 Å². The third kappa shape index (κ3) is 5.41. The molecule has 0 radical (unpaired) electrons. The van der Waals surface area contributed by atoms with Crippen LogP contribution in [0.5, 0.6) is 17.2 Å². The van der Waals surface area contributed by atoms with E-state index in [1.54, 1.807) is 25.3 Å². The number of ether oxygens (including phenoxy) is 3. The first kappa shape index (κ1) is 23.4. The lowest BCUT2D eigenvalue weighted by atomic mass is 10.0. The molecule has 0 saturated heterocycles. The van der Waals surface area contributed by atoms with Gasteiger partial charge in [0.05, 0.1) is 7.11 Å². The standard InChI is InChI=1S/C29H25ClO4/c1-19-15-24(16-20(2)29(19)30)33-18-28(31)34-26-14-12-21(17-27(26)32-3)11-13-23-9-6-8-22-7-4-5-10-25(22)23/h4-17H,18H2,1-3H3. The van der Waals surface area contributed by atoms with Gasteiger partial charge >= 0.3 is 5.97 Å². The maximum Gasteiger partial charge on any atom is 0.349 e. The van der Waals surface area contributed by atoms with Crippen molar-refractivity contribution < 1.29 is 19.0 Å². The van der Waals surface area contributed by atoms with Gasteiger partial charge in [-0.1, -0.05) is 72.3 Å². The second kappa shape index (κ2) is 10.4. The molecule has 0 aliphatic rings. The number of esters is 1. The molecule has 0 heterocycles. The predicted molar refractivity (Wildman–Crippen MR) is 138 cm³/mol. The molecule has 0 aliphatic heterocycles. The molecule has 0 atom stereocenters. The van der Waals surface area contributed by atoms with Gasteiger partial charge in [-0.15, -0.1) is 0 Å². The number of hydrogen-bond donors (Lipinski definition) is 0. The van der Waals surface area contributed by atoms with Crippen molar-refractivity contribution in [2.75, 3.05) is 13.7 Å². The van der Waals surface area contributed by atoms with Crippen LogP contribution in [0.1, 0.15) is 22.3 Å².